The number of anilines is 1. The summed E-state index contributed by atoms with van der Waals surface area (Å²) in [6.45, 7) is 3.54. The molecule has 18 heavy (non-hydrogen) atoms. The van der Waals surface area contributed by atoms with E-state index in [2.05, 4.69) is 10.1 Å². The molecule has 1 aromatic rings. The number of ether oxygens (including phenoxy) is 1. The minimum atomic E-state index is -1.71. The van der Waals surface area contributed by atoms with Crippen molar-refractivity contribution in [2.24, 2.45) is 5.10 Å². The molecule has 0 spiro atoms. The van der Waals surface area contributed by atoms with Gasteiger partial charge in [0.15, 0.2) is 0 Å². The Bertz CT molecular complexity index is 389. The number of hydrogen-bond donors (Lipinski definition) is 0. The monoisotopic (exact) mass is 271 g/mol. The lowest BCUT2D eigenvalue weighted by Gasteiger charge is -2.15. The molecule has 1 rings (SSSR count). The zero-order chi connectivity index (χ0) is 13.6. The Balaban J connectivity index is 2.60. The van der Waals surface area contributed by atoms with Crippen molar-refractivity contribution in [1.82, 2.24) is 4.98 Å². The molecular weight excluding hydrogens is 252 g/mol. The van der Waals surface area contributed by atoms with E-state index in [0.717, 1.165) is 17.8 Å². The maximum atomic E-state index is 13.1. The largest absolute Gasteiger partial charge is 0.338 e. The van der Waals surface area contributed by atoms with Crippen molar-refractivity contribution in [2.75, 3.05) is 12.1 Å². The van der Waals surface area contributed by atoms with Crippen LogP contribution in [0.5, 0.6) is 0 Å². The van der Waals surface area contributed by atoms with Gasteiger partial charge in [0.2, 0.25) is 5.60 Å². The van der Waals surface area contributed by atoms with Gasteiger partial charge in [0, 0.05) is 19.5 Å². The Morgan fingerprint density at radius 1 is 1.61 bits per heavy atom. The van der Waals surface area contributed by atoms with Gasteiger partial charge in [-0.2, -0.15) is 5.10 Å². The number of rotatable bonds is 6. The molecule has 0 aliphatic carbocycles. The molecule has 2 unspecified atom stereocenters. The summed E-state index contributed by atoms with van der Waals surface area (Å²) in [6, 6.07) is 3.67. The average Bonchev–Trinajstić information content (AvgIpc) is 2.33. The predicted octanol–water partition coefficient (Wildman–Crippen LogP) is 2.95. The first-order valence-electron chi connectivity index (χ1n) is 5.75. The van der Waals surface area contributed by atoms with Crippen LogP contribution in [0.3, 0.4) is 0 Å². The molecule has 0 saturated heterocycles. The lowest BCUT2D eigenvalue weighted by atomic mass is 10.3. The van der Waals surface area contributed by atoms with Crippen LogP contribution in [0.1, 0.15) is 25.8 Å². The standard InChI is InChI=1S/C12H19FN3OP/c1-4-7-15-16(3)11-6-5-10(8-14-11)9-17-12(2,13)18/h5-8H,4,9,18H2,1-3H3/b15-7-. The van der Waals surface area contributed by atoms with Crippen LogP contribution in [-0.2, 0) is 11.3 Å². The predicted molar refractivity (Wildman–Crippen MR) is 75.4 cm³/mol. The fourth-order valence-corrected chi connectivity index (χ4v) is 1.26. The van der Waals surface area contributed by atoms with Crippen LogP contribution < -0.4 is 5.01 Å². The molecule has 4 nitrogen and oxygen atoms in total. The molecule has 100 valence electrons. The quantitative estimate of drug-likeness (QED) is 0.453. The average molecular weight is 271 g/mol. The summed E-state index contributed by atoms with van der Waals surface area (Å²) in [5, 5.41) is 5.86. The number of pyridine rings is 1. The van der Waals surface area contributed by atoms with Gasteiger partial charge in [-0.3, -0.25) is 5.01 Å². The molecule has 2 atom stereocenters. The molecule has 0 aromatic carbocycles. The van der Waals surface area contributed by atoms with Gasteiger partial charge in [0.1, 0.15) is 5.82 Å². The third-order valence-electron chi connectivity index (χ3n) is 2.10. The highest BCUT2D eigenvalue weighted by Gasteiger charge is 2.15. The highest BCUT2D eigenvalue weighted by Crippen LogP contribution is 2.22. The molecule has 1 heterocycles. The zero-order valence-electron chi connectivity index (χ0n) is 10.9. The van der Waals surface area contributed by atoms with Crippen LogP contribution in [0.2, 0.25) is 0 Å². The van der Waals surface area contributed by atoms with E-state index in [-0.39, 0.29) is 6.61 Å². The lowest BCUT2D eigenvalue weighted by Crippen LogP contribution is -2.13. The van der Waals surface area contributed by atoms with E-state index in [1.54, 1.807) is 11.2 Å². The van der Waals surface area contributed by atoms with Gasteiger partial charge in [-0.15, -0.1) is 0 Å². The van der Waals surface area contributed by atoms with Gasteiger partial charge in [-0.05, 0) is 25.0 Å². The first-order valence-corrected chi connectivity index (χ1v) is 6.33. The molecule has 0 bridgehead atoms. The fourth-order valence-electron chi connectivity index (χ4n) is 1.18. The molecule has 0 saturated carbocycles. The van der Waals surface area contributed by atoms with Gasteiger partial charge >= 0.3 is 0 Å². The van der Waals surface area contributed by atoms with E-state index in [1.165, 1.54) is 6.92 Å². The van der Waals surface area contributed by atoms with Gasteiger partial charge < -0.3 is 4.74 Å². The third-order valence-corrected chi connectivity index (χ3v) is 2.27. The molecule has 0 aliphatic heterocycles. The Kier molecular flexibility index (Phi) is 5.63. The second-order valence-electron chi connectivity index (χ2n) is 4.03. The van der Waals surface area contributed by atoms with E-state index in [4.69, 9.17) is 4.74 Å². The first-order chi connectivity index (χ1) is 8.42. The Morgan fingerprint density at radius 2 is 2.33 bits per heavy atom. The number of hydrazone groups is 1. The van der Waals surface area contributed by atoms with Crippen LogP contribution in [0.4, 0.5) is 10.2 Å². The highest BCUT2D eigenvalue weighted by atomic mass is 31.0. The van der Waals surface area contributed by atoms with Crippen molar-refractivity contribution in [3.63, 3.8) is 0 Å². The molecule has 0 aliphatic rings. The number of nitrogens with zero attached hydrogens (tertiary/aromatic N) is 3. The van der Waals surface area contributed by atoms with Gasteiger partial charge in [-0.25, -0.2) is 9.37 Å². The fraction of sp³-hybridized carbons (Fsp3) is 0.500. The summed E-state index contributed by atoms with van der Waals surface area (Å²) in [5.41, 5.74) is -0.890. The van der Waals surface area contributed by atoms with Crippen molar-refractivity contribution in [1.29, 1.82) is 0 Å². The Labute approximate surface area is 109 Å². The van der Waals surface area contributed by atoms with Gasteiger partial charge in [-0.1, -0.05) is 22.2 Å². The van der Waals surface area contributed by atoms with Crippen molar-refractivity contribution in [2.45, 2.75) is 32.5 Å². The topological polar surface area (TPSA) is 37.7 Å². The second-order valence-corrected chi connectivity index (χ2v) is 5.06. The summed E-state index contributed by atoms with van der Waals surface area (Å²) >= 11 is 0. The van der Waals surface area contributed by atoms with E-state index < -0.39 is 5.60 Å². The maximum absolute atomic E-state index is 13.1. The van der Waals surface area contributed by atoms with Crippen LogP contribution in [0.25, 0.3) is 0 Å². The summed E-state index contributed by atoms with van der Waals surface area (Å²) in [5.74, 6) is 0.734. The van der Waals surface area contributed by atoms with Crippen molar-refractivity contribution in [3.8, 4) is 0 Å². The molecule has 6 heteroatoms. The first kappa shape index (κ1) is 15.0. The number of hydrogen-bond acceptors (Lipinski definition) is 4. The molecule has 0 radical (unpaired) electrons. The van der Waals surface area contributed by atoms with Crippen molar-refractivity contribution in [3.05, 3.63) is 23.9 Å². The van der Waals surface area contributed by atoms with Crippen LogP contribution >= 0.6 is 9.24 Å². The maximum Gasteiger partial charge on any atom is 0.218 e. The van der Waals surface area contributed by atoms with Gasteiger partial charge in [0.25, 0.3) is 0 Å². The van der Waals surface area contributed by atoms with Crippen molar-refractivity contribution >= 4 is 21.3 Å². The highest BCUT2D eigenvalue weighted by molar-refractivity contribution is 7.18. The summed E-state index contributed by atoms with van der Waals surface area (Å²) in [4.78, 5) is 4.24. The van der Waals surface area contributed by atoms with Gasteiger partial charge in [0.05, 0.1) is 6.61 Å². The normalized spacial score (nSPS) is 14.7. The minimum absolute atomic E-state index is 0.186. The van der Waals surface area contributed by atoms with Crippen LogP contribution in [0.15, 0.2) is 23.4 Å². The van der Waals surface area contributed by atoms with Crippen LogP contribution in [0, 0.1) is 0 Å². The molecule has 0 N–H and O–H groups in total. The number of aromatic nitrogens is 1. The van der Waals surface area contributed by atoms with E-state index in [1.807, 2.05) is 41.6 Å². The summed E-state index contributed by atoms with van der Waals surface area (Å²) in [7, 11) is 3.82. The summed E-state index contributed by atoms with van der Waals surface area (Å²) < 4.78 is 18.1. The SMILES string of the molecule is CC/C=N\N(C)c1ccc(COC(C)(F)P)cn1. The number of halogens is 1. The molecule has 0 amide bonds. The third kappa shape index (κ3) is 5.52. The molecule has 1 aromatic heterocycles. The van der Waals surface area contributed by atoms with E-state index in [9.17, 15) is 4.39 Å². The smallest absolute Gasteiger partial charge is 0.218 e. The van der Waals surface area contributed by atoms with Crippen LogP contribution in [-0.4, -0.2) is 23.8 Å². The molecule has 0 fully saturated rings. The molecular formula is C12H19FN3OP. The van der Waals surface area contributed by atoms with E-state index in [0.29, 0.717) is 0 Å². The summed E-state index contributed by atoms with van der Waals surface area (Å²) in [6.07, 6.45) is 4.34. The zero-order valence-corrected chi connectivity index (χ0v) is 12.1. The van der Waals surface area contributed by atoms with Crippen molar-refractivity contribution < 1.29 is 9.13 Å². The Hall–Kier alpha value is -1.06. The van der Waals surface area contributed by atoms with E-state index >= 15 is 0 Å². The Morgan fingerprint density at radius 3 is 2.83 bits per heavy atom. The second kappa shape index (κ2) is 6.76. The number of alkyl halides is 1. The lowest BCUT2D eigenvalue weighted by molar-refractivity contribution is -0.0667. The minimum Gasteiger partial charge on any atom is -0.338 e.